The normalized spacial score (nSPS) is 15.2. The lowest BCUT2D eigenvalue weighted by molar-refractivity contribution is 0.0317. The maximum absolute atomic E-state index is 5.84. The summed E-state index contributed by atoms with van der Waals surface area (Å²) in [5.41, 5.74) is 5.95. The highest BCUT2D eigenvalue weighted by Gasteiger charge is 2.13. The molecule has 0 atom stereocenters. The molecule has 2 rings (SSSR count). The van der Waals surface area contributed by atoms with Crippen molar-refractivity contribution in [2.75, 3.05) is 69.9 Å². The third-order valence-corrected chi connectivity index (χ3v) is 4.00. The Labute approximate surface area is 150 Å². The van der Waals surface area contributed by atoms with Crippen LogP contribution in [-0.2, 0) is 4.74 Å². The molecule has 25 heavy (non-hydrogen) atoms. The van der Waals surface area contributed by atoms with Crippen LogP contribution < -0.4 is 20.5 Å². The summed E-state index contributed by atoms with van der Waals surface area (Å²) in [4.78, 5) is 13.7. The molecule has 0 radical (unpaired) electrons. The molecular weight excluding hydrogens is 320 g/mol. The maximum atomic E-state index is 5.84. The van der Waals surface area contributed by atoms with Gasteiger partial charge in [-0.3, -0.25) is 4.90 Å². The quantitative estimate of drug-likeness (QED) is 0.578. The van der Waals surface area contributed by atoms with Gasteiger partial charge in [-0.1, -0.05) is 13.8 Å². The van der Waals surface area contributed by atoms with Crippen LogP contribution in [-0.4, -0.2) is 74.5 Å². The SMILES string of the molecule is CCCN(CCC)c1cc(NNC)nc(OCCN2CCOCC2)n1. The molecule has 1 aromatic heterocycles. The number of hydrogen-bond acceptors (Lipinski definition) is 8. The van der Waals surface area contributed by atoms with E-state index in [1.54, 1.807) is 0 Å². The lowest BCUT2D eigenvalue weighted by Gasteiger charge is -2.26. The van der Waals surface area contributed by atoms with Crippen LogP contribution in [0.1, 0.15) is 26.7 Å². The predicted octanol–water partition coefficient (Wildman–Crippen LogP) is 1.36. The predicted molar refractivity (Wildman–Crippen MR) is 100 cm³/mol. The molecule has 8 nitrogen and oxygen atoms in total. The first-order chi connectivity index (χ1) is 12.3. The molecule has 0 spiro atoms. The minimum absolute atomic E-state index is 0.417. The van der Waals surface area contributed by atoms with Gasteiger partial charge >= 0.3 is 6.01 Å². The molecule has 0 unspecified atom stereocenters. The molecule has 1 aromatic rings. The topological polar surface area (TPSA) is 74.8 Å². The highest BCUT2D eigenvalue weighted by atomic mass is 16.5. The lowest BCUT2D eigenvalue weighted by Crippen LogP contribution is -2.38. The summed E-state index contributed by atoms with van der Waals surface area (Å²) in [7, 11) is 1.82. The number of ether oxygens (including phenoxy) is 2. The van der Waals surface area contributed by atoms with Gasteiger partial charge in [-0.2, -0.15) is 9.97 Å². The standard InChI is InChI=1S/C17H32N6O2/c1-4-6-23(7-5-2)16-14-15(21-18-3)19-17(20-16)25-13-10-22-8-11-24-12-9-22/h14,18H,4-13H2,1-3H3,(H,19,20,21). The average Bonchev–Trinajstić information content (AvgIpc) is 2.62. The Balaban J connectivity index is 2.01. The zero-order valence-corrected chi connectivity index (χ0v) is 15.8. The summed E-state index contributed by atoms with van der Waals surface area (Å²) in [5.74, 6) is 1.61. The third-order valence-electron chi connectivity index (χ3n) is 4.00. The smallest absolute Gasteiger partial charge is 0.320 e. The second-order valence-electron chi connectivity index (χ2n) is 6.06. The van der Waals surface area contributed by atoms with Crippen LogP contribution in [0.5, 0.6) is 6.01 Å². The first-order valence-electron chi connectivity index (χ1n) is 9.26. The van der Waals surface area contributed by atoms with Crippen LogP contribution in [0.15, 0.2) is 6.07 Å². The molecule has 0 bridgehead atoms. The van der Waals surface area contributed by atoms with Crippen molar-refractivity contribution in [1.29, 1.82) is 0 Å². The molecule has 1 fully saturated rings. The monoisotopic (exact) mass is 352 g/mol. The summed E-state index contributed by atoms with van der Waals surface area (Å²) in [6.07, 6.45) is 2.15. The Hall–Kier alpha value is -1.64. The first-order valence-corrected chi connectivity index (χ1v) is 9.26. The van der Waals surface area contributed by atoms with Gasteiger partial charge in [0.1, 0.15) is 18.2 Å². The van der Waals surface area contributed by atoms with Crippen LogP contribution in [0, 0.1) is 0 Å². The second-order valence-corrected chi connectivity index (χ2v) is 6.06. The zero-order chi connectivity index (χ0) is 17.9. The number of hydrogen-bond donors (Lipinski definition) is 2. The number of nitrogens with zero attached hydrogens (tertiary/aromatic N) is 4. The van der Waals surface area contributed by atoms with E-state index < -0.39 is 0 Å². The fourth-order valence-electron chi connectivity index (χ4n) is 2.80. The van der Waals surface area contributed by atoms with Gasteiger partial charge in [-0.25, -0.2) is 5.43 Å². The van der Waals surface area contributed by atoms with Crippen LogP contribution in [0.3, 0.4) is 0 Å². The summed E-state index contributed by atoms with van der Waals surface area (Å²) >= 11 is 0. The summed E-state index contributed by atoms with van der Waals surface area (Å²) in [6, 6.07) is 2.37. The number of aromatic nitrogens is 2. The van der Waals surface area contributed by atoms with E-state index in [2.05, 4.69) is 44.5 Å². The van der Waals surface area contributed by atoms with Gasteiger partial charge in [-0.15, -0.1) is 0 Å². The van der Waals surface area contributed by atoms with E-state index in [-0.39, 0.29) is 0 Å². The van der Waals surface area contributed by atoms with Gasteiger partial charge in [0, 0.05) is 45.8 Å². The molecule has 2 heterocycles. The number of nitrogens with one attached hydrogen (secondary N) is 2. The van der Waals surface area contributed by atoms with E-state index in [0.29, 0.717) is 18.4 Å². The molecule has 2 N–H and O–H groups in total. The summed E-state index contributed by atoms with van der Waals surface area (Å²) in [6.45, 7) is 11.2. The highest BCUT2D eigenvalue weighted by molar-refractivity contribution is 5.49. The van der Waals surface area contributed by atoms with E-state index in [0.717, 1.165) is 64.6 Å². The van der Waals surface area contributed by atoms with Crippen molar-refractivity contribution in [2.45, 2.75) is 26.7 Å². The molecule has 8 heteroatoms. The van der Waals surface area contributed by atoms with Crippen LogP contribution in [0.4, 0.5) is 11.6 Å². The van der Waals surface area contributed by atoms with Gasteiger partial charge in [0.25, 0.3) is 0 Å². The summed E-state index contributed by atoms with van der Waals surface area (Å²) < 4.78 is 11.2. The van der Waals surface area contributed by atoms with Crippen molar-refractivity contribution in [3.05, 3.63) is 6.07 Å². The summed E-state index contributed by atoms with van der Waals surface area (Å²) in [5, 5.41) is 0. The lowest BCUT2D eigenvalue weighted by atomic mass is 10.3. The minimum atomic E-state index is 0.417. The van der Waals surface area contributed by atoms with Crippen LogP contribution >= 0.6 is 0 Å². The number of rotatable bonds is 11. The Morgan fingerprint density at radius 2 is 1.92 bits per heavy atom. The molecule has 0 saturated carbocycles. The molecule has 1 aliphatic rings. The van der Waals surface area contributed by atoms with E-state index >= 15 is 0 Å². The van der Waals surface area contributed by atoms with Gasteiger partial charge < -0.3 is 19.8 Å². The van der Waals surface area contributed by atoms with Gasteiger partial charge in [0.15, 0.2) is 0 Å². The Bertz CT molecular complexity index is 490. The van der Waals surface area contributed by atoms with Gasteiger partial charge in [0.05, 0.1) is 13.2 Å². The van der Waals surface area contributed by atoms with Gasteiger partial charge in [-0.05, 0) is 12.8 Å². The van der Waals surface area contributed by atoms with Crippen molar-refractivity contribution in [3.63, 3.8) is 0 Å². The second kappa shape index (κ2) is 11.1. The Morgan fingerprint density at radius 1 is 1.20 bits per heavy atom. The number of morpholine rings is 1. The Morgan fingerprint density at radius 3 is 2.56 bits per heavy atom. The van der Waals surface area contributed by atoms with Crippen molar-refractivity contribution in [2.24, 2.45) is 0 Å². The number of hydrazine groups is 1. The average molecular weight is 352 g/mol. The minimum Gasteiger partial charge on any atom is -0.462 e. The van der Waals surface area contributed by atoms with E-state index in [9.17, 15) is 0 Å². The molecule has 142 valence electrons. The molecule has 1 saturated heterocycles. The van der Waals surface area contributed by atoms with Crippen molar-refractivity contribution in [3.8, 4) is 6.01 Å². The fraction of sp³-hybridized carbons (Fsp3) is 0.765. The van der Waals surface area contributed by atoms with Crippen LogP contribution in [0.2, 0.25) is 0 Å². The maximum Gasteiger partial charge on any atom is 0.320 e. The van der Waals surface area contributed by atoms with Crippen LogP contribution in [0.25, 0.3) is 0 Å². The number of anilines is 2. The first kappa shape index (κ1) is 19.7. The molecule has 0 aliphatic carbocycles. The van der Waals surface area contributed by atoms with E-state index in [4.69, 9.17) is 9.47 Å². The Kier molecular flexibility index (Phi) is 8.71. The van der Waals surface area contributed by atoms with Crippen molar-refractivity contribution in [1.82, 2.24) is 20.3 Å². The fourth-order valence-corrected chi connectivity index (χ4v) is 2.80. The highest BCUT2D eigenvalue weighted by Crippen LogP contribution is 2.20. The largest absolute Gasteiger partial charge is 0.462 e. The van der Waals surface area contributed by atoms with Crippen molar-refractivity contribution >= 4 is 11.6 Å². The molecular formula is C17H32N6O2. The van der Waals surface area contributed by atoms with Gasteiger partial charge in [0.2, 0.25) is 0 Å². The van der Waals surface area contributed by atoms with E-state index in [1.807, 2.05) is 13.1 Å². The third kappa shape index (κ3) is 6.64. The van der Waals surface area contributed by atoms with Crippen molar-refractivity contribution < 1.29 is 9.47 Å². The molecule has 1 aliphatic heterocycles. The zero-order valence-electron chi connectivity index (χ0n) is 15.8. The molecule has 0 amide bonds. The van der Waals surface area contributed by atoms with E-state index in [1.165, 1.54) is 0 Å². The molecule has 0 aromatic carbocycles.